The van der Waals surface area contributed by atoms with Gasteiger partial charge in [0.2, 0.25) is 17.5 Å². The van der Waals surface area contributed by atoms with E-state index in [4.69, 9.17) is 14.2 Å². The van der Waals surface area contributed by atoms with Gasteiger partial charge < -0.3 is 14.2 Å². The number of methoxy groups -OCH3 is 2. The van der Waals surface area contributed by atoms with Gasteiger partial charge in [-0.25, -0.2) is 0 Å². The van der Waals surface area contributed by atoms with Gasteiger partial charge in [-0.1, -0.05) is 24.3 Å². The number of rotatable bonds is 7. The van der Waals surface area contributed by atoms with Gasteiger partial charge in [-0.2, -0.15) is 23.1 Å². The zero-order valence-electron chi connectivity index (χ0n) is 13.7. The summed E-state index contributed by atoms with van der Waals surface area (Å²) in [7, 11) is 2.69. The van der Waals surface area contributed by atoms with Crippen LogP contribution in [0.3, 0.4) is 0 Å². The van der Waals surface area contributed by atoms with E-state index >= 15 is 0 Å². The molecule has 1 aromatic heterocycles. The van der Waals surface area contributed by atoms with E-state index in [1.54, 1.807) is 0 Å². The van der Waals surface area contributed by atoms with Gasteiger partial charge in [-0.15, -0.1) is 0 Å². The number of carbonyl (C=O) groups is 2. The SMILES string of the molecule is COc1cc(OC)nc(OCC(=O)c2ccccc2C(=O)C(F)(F)F)n1. The monoisotopic (exact) mass is 370 g/mol. The Morgan fingerprint density at radius 3 is 2.04 bits per heavy atom. The van der Waals surface area contributed by atoms with E-state index in [1.165, 1.54) is 32.4 Å². The Morgan fingerprint density at radius 1 is 1.00 bits per heavy atom. The number of nitrogens with zero attached hydrogens (tertiary/aromatic N) is 2. The van der Waals surface area contributed by atoms with E-state index in [1.807, 2.05) is 0 Å². The molecule has 0 atom stereocenters. The summed E-state index contributed by atoms with van der Waals surface area (Å²) >= 11 is 0. The zero-order chi connectivity index (χ0) is 19.3. The Balaban J connectivity index is 2.21. The Kier molecular flexibility index (Phi) is 5.75. The second kappa shape index (κ2) is 7.81. The highest BCUT2D eigenvalue weighted by Crippen LogP contribution is 2.24. The lowest BCUT2D eigenvalue weighted by Gasteiger charge is -2.11. The van der Waals surface area contributed by atoms with Gasteiger partial charge in [0.15, 0.2) is 6.61 Å². The number of hydrogen-bond donors (Lipinski definition) is 0. The Morgan fingerprint density at radius 2 is 1.54 bits per heavy atom. The van der Waals surface area contributed by atoms with Crippen LogP contribution in [-0.2, 0) is 0 Å². The topological polar surface area (TPSA) is 87.6 Å². The summed E-state index contributed by atoms with van der Waals surface area (Å²) in [5.41, 5.74) is -1.16. The van der Waals surface area contributed by atoms with Crippen LogP contribution in [0.25, 0.3) is 0 Å². The van der Waals surface area contributed by atoms with Crippen molar-refractivity contribution in [3.05, 3.63) is 41.5 Å². The molecule has 0 aliphatic carbocycles. The zero-order valence-corrected chi connectivity index (χ0v) is 13.7. The van der Waals surface area contributed by atoms with Crippen LogP contribution >= 0.6 is 0 Å². The van der Waals surface area contributed by atoms with Gasteiger partial charge in [-0.3, -0.25) is 9.59 Å². The van der Waals surface area contributed by atoms with Crippen LogP contribution in [0.5, 0.6) is 17.8 Å². The fraction of sp³-hybridized carbons (Fsp3) is 0.250. The molecule has 0 bridgehead atoms. The highest BCUT2D eigenvalue weighted by atomic mass is 19.4. The molecule has 0 fully saturated rings. The largest absolute Gasteiger partial charge is 0.481 e. The van der Waals surface area contributed by atoms with Gasteiger partial charge in [0, 0.05) is 11.1 Å². The normalized spacial score (nSPS) is 11.0. The molecule has 0 saturated heterocycles. The van der Waals surface area contributed by atoms with E-state index in [9.17, 15) is 22.8 Å². The van der Waals surface area contributed by atoms with Crippen LogP contribution in [0.15, 0.2) is 30.3 Å². The lowest BCUT2D eigenvalue weighted by molar-refractivity contribution is -0.0885. The molecule has 138 valence electrons. The molecular weight excluding hydrogens is 357 g/mol. The lowest BCUT2D eigenvalue weighted by atomic mass is 10.0. The van der Waals surface area contributed by atoms with Crippen molar-refractivity contribution in [3.8, 4) is 17.8 Å². The summed E-state index contributed by atoms with van der Waals surface area (Å²) in [6.45, 7) is -0.682. The van der Waals surface area contributed by atoms with E-state index in [0.717, 1.165) is 12.1 Å². The molecule has 0 unspecified atom stereocenters. The van der Waals surface area contributed by atoms with Crippen molar-refractivity contribution >= 4 is 11.6 Å². The smallest absolute Gasteiger partial charge is 0.454 e. The highest BCUT2D eigenvalue weighted by molar-refractivity contribution is 6.11. The van der Waals surface area contributed by atoms with Gasteiger partial charge in [-0.05, 0) is 0 Å². The van der Waals surface area contributed by atoms with Crippen molar-refractivity contribution in [1.29, 1.82) is 0 Å². The molecule has 0 spiro atoms. The van der Waals surface area contributed by atoms with E-state index in [-0.39, 0.29) is 17.8 Å². The molecule has 0 N–H and O–H groups in total. The summed E-state index contributed by atoms with van der Waals surface area (Å²) in [5, 5.41) is 0. The Hall–Kier alpha value is -3.17. The quantitative estimate of drug-likeness (QED) is 0.692. The first kappa shape index (κ1) is 19.2. The van der Waals surface area contributed by atoms with E-state index in [2.05, 4.69) is 9.97 Å². The molecule has 1 heterocycles. The molecule has 0 aliphatic heterocycles. The molecule has 7 nitrogen and oxygen atoms in total. The number of ketones is 2. The van der Waals surface area contributed by atoms with Crippen molar-refractivity contribution < 1.29 is 37.0 Å². The summed E-state index contributed by atoms with van der Waals surface area (Å²) in [5.74, 6) is -2.75. The molecule has 2 aromatic rings. The average molecular weight is 370 g/mol. The van der Waals surface area contributed by atoms with Crippen molar-refractivity contribution in [1.82, 2.24) is 9.97 Å². The first-order valence-electron chi connectivity index (χ1n) is 7.10. The molecule has 26 heavy (non-hydrogen) atoms. The first-order valence-corrected chi connectivity index (χ1v) is 7.10. The average Bonchev–Trinajstić information content (AvgIpc) is 2.64. The number of Topliss-reactive ketones (excluding diaryl/α,β-unsaturated/α-hetero) is 2. The predicted molar refractivity (Wildman–Crippen MR) is 81.8 cm³/mol. The van der Waals surface area contributed by atoms with Crippen molar-refractivity contribution in [3.63, 3.8) is 0 Å². The van der Waals surface area contributed by atoms with Crippen LogP contribution < -0.4 is 14.2 Å². The molecule has 0 amide bonds. The summed E-state index contributed by atoms with van der Waals surface area (Å²) in [6.07, 6.45) is -5.10. The summed E-state index contributed by atoms with van der Waals surface area (Å²) in [6, 6.07) is 5.70. The van der Waals surface area contributed by atoms with Gasteiger partial charge in [0.05, 0.1) is 20.3 Å². The third-order valence-corrected chi connectivity index (χ3v) is 3.14. The van der Waals surface area contributed by atoms with Gasteiger partial charge in [0.25, 0.3) is 5.78 Å². The van der Waals surface area contributed by atoms with Crippen molar-refractivity contribution in [2.75, 3.05) is 20.8 Å². The number of carbonyl (C=O) groups excluding carboxylic acids is 2. The number of halogens is 3. The Bertz CT molecular complexity index is 802. The number of aromatic nitrogens is 2. The maximum absolute atomic E-state index is 12.7. The molecular formula is C16H13F3N2O5. The molecule has 10 heteroatoms. The maximum atomic E-state index is 12.7. The van der Waals surface area contributed by atoms with E-state index < -0.39 is 35.5 Å². The molecule has 0 aliphatic rings. The molecule has 0 radical (unpaired) electrons. The van der Waals surface area contributed by atoms with Crippen LogP contribution in [0.2, 0.25) is 0 Å². The molecule has 0 saturated carbocycles. The number of ether oxygens (including phenoxy) is 3. The number of hydrogen-bond acceptors (Lipinski definition) is 7. The third kappa shape index (κ3) is 4.47. The van der Waals surface area contributed by atoms with E-state index in [0.29, 0.717) is 0 Å². The Labute approximate surface area is 145 Å². The van der Waals surface area contributed by atoms with Crippen LogP contribution in [-0.4, -0.2) is 48.5 Å². The minimum Gasteiger partial charge on any atom is -0.481 e. The van der Waals surface area contributed by atoms with Crippen LogP contribution in [0.4, 0.5) is 13.2 Å². The lowest BCUT2D eigenvalue weighted by Crippen LogP contribution is -2.26. The number of alkyl halides is 3. The third-order valence-electron chi connectivity index (χ3n) is 3.14. The fourth-order valence-electron chi connectivity index (χ4n) is 1.94. The number of benzene rings is 1. The highest BCUT2D eigenvalue weighted by Gasteiger charge is 2.40. The summed E-state index contributed by atoms with van der Waals surface area (Å²) < 4.78 is 52.9. The minimum atomic E-state index is -5.10. The second-order valence-corrected chi connectivity index (χ2v) is 4.82. The maximum Gasteiger partial charge on any atom is 0.454 e. The second-order valence-electron chi connectivity index (χ2n) is 4.82. The van der Waals surface area contributed by atoms with Gasteiger partial charge >= 0.3 is 12.2 Å². The predicted octanol–water partition coefficient (Wildman–Crippen LogP) is 2.50. The van der Waals surface area contributed by atoms with Crippen molar-refractivity contribution in [2.45, 2.75) is 6.18 Å². The van der Waals surface area contributed by atoms with Crippen LogP contribution in [0, 0.1) is 0 Å². The summed E-state index contributed by atoms with van der Waals surface area (Å²) in [4.78, 5) is 31.3. The fourth-order valence-corrected chi connectivity index (χ4v) is 1.94. The van der Waals surface area contributed by atoms with Gasteiger partial charge in [0.1, 0.15) is 0 Å². The van der Waals surface area contributed by atoms with Crippen LogP contribution in [0.1, 0.15) is 20.7 Å². The first-order chi connectivity index (χ1) is 12.3. The van der Waals surface area contributed by atoms with Crippen molar-refractivity contribution in [2.24, 2.45) is 0 Å². The standard InChI is InChI=1S/C16H13F3N2O5/c1-24-12-7-13(25-2)21-15(20-12)26-8-11(22)9-5-3-4-6-10(9)14(23)16(17,18)19/h3-7H,8H2,1-2H3. The molecule has 2 rings (SSSR count). The minimum absolute atomic E-state index is 0.104. The molecule has 1 aromatic carbocycles.